The summed E-state index contributed by atoms with van der Waals surface area (Å²) in [6.07, 6.45) is 2.22. The molecule has 84 valence electrons. The van der Waals surface area contributed by atoms with Crippen LogP contribution in [0.25, 0.3) is 0 Å². The van der Waals surface area contributed by atoms with Crippen molar-refractivity contribution < 1.29 is 9.63 Å². The Morgan fingerprint density at radius 1 is 1.31 bits per heavy atom. The number of carbonyl (C=O) groups is 1. The lowest BCUT2D eigenvalue weighted by Crippen LogP contribution is -2.33. The van der Waals surface area contributed by atoms with E-state index in [9.17, 15) is 4.79 Å². The standard InChI is InChI=1S/C12H12ClNO2/c13-7-6-10-8-16-14-12(15)11(10)9-4-2-1-3-5-9/h1-5,8,11H,6-7H2,(H,14,15). The second-order valence-electron chi connectivity index (χ2n) is 3.56. The molecule has 2 rings (SSSR count). The molecule has 1 aromatic carbocycles. The summed E-state index contributed by atoms with van der Waals surface area (Å²) < 4.78 is 0. The molecule has 0 bridgehead atoms. The summed E-state index contributed by atoms with van der Waals surface area (Å²) in [7, 11) is 0. The van der Waals surface area contributed by atoms with Crippen molar-refractivity contribution in [1.29, 1.82) is 0 Å². The van der Waals surface area contributed by atoms with Crippen LogP contribution in [-0.2, 0) is 9.63 Å². The minimum atomic E-state index is -0.284. The van der Waals surface area contributed by atoms with Gasteiger partial charge in [0, 0.05) is 5.88 Å². The summed E-state index contributed by atoms with van der Waals surface area (Å²) in [5.74, 6) is 0.0498. The first kappa shape index (κ1) is 11.0. The Hall–Kier alpha value is -1.48. The van der Waals surface area contributed by atoms with Gasteiger partial charge in [-0.1, -0.05) is 30.3 Å². The summed E-state index contributed by atoms with van der Waals surface area (Å²) in [5, 5.41) is 0. The van der Waals surface area contributed by atoms with Crippen molar-refractivity contribution in [1.82, 2.24) is 5.48 Å². The van der Waals surface area contributed by atoms with Gasteiger partial charge in [-0.25, -0.2) is 0 Å². The highest BCUT2D eigenvalue weighted by molar-refractivity contribution is 6.18. The van der Waals surface area contributed by atoms with Gasteiger partial charge in [-0.15, -0.1) is 11.6 Å². The molecule has 0 radical (unpaired) electrons. The van der Waals surface area contributed by atoms with E-state index in [4.69, 9.17) is 16.4 Å². The molecule has 1 atom stereocenters. The topological polar surface area (TPSA) is 38.3 Å². The average Bonchev–Trinajstić information content (AvgIpc) is 2.31. The number of hydrogen-bond acceptors (Lipinski definition) is 2. The smallest absolute Gasteiger partial charge is 0.264 e. The predicted octanol–water partition coefficient (Wildman–Crippen LogP) is 2.34. The van der Waals surface area contributed by atoms with Crippen molar-refractivity contribution >= 4 is 17.5 Å². The number of halogens is 1. The van der Waals surface area contributed by atoms with Crippen LogP contribution in [0.3, 0.4) is 0 Å². The van der Waals surface area contributed by atoms with Crippen LogP contribution < -0.4 is 5.48 Å². The molecule has 0 spiro atoms. The van der Waals surface area contributed by atoms with Gasteiger partial charge in [0.2, 0.25) is 0 Å². The number of hydroxylamine groups is 1. The van der Waals surface area contributed by atoms with Gasteiger partial charge >= 0.3 is 0 Å². The molecule has 0 aliphatic carbocycles. The van der Waals surface area contributed by atoms with E-state index >= 15 is 0 Å². The second kappa shape index (κ2) is 5.03. The van der Waals surface area contributed by atoms with Crippen LogP contribution in [-0.4, -0.2) is 11.8 Å². The molecule has 16 heavy (non-hydrogen) atoms. The number of hydrogen-bond donors (Lipinski definition) is 1. The zero-order chi connectivity index (χ0) is 11.4. The van der Waals surface area contributed by atoms with E-state index in [2.05, 4.69) is 5.48 Å². The van der Waals surface area contributed by atoms with E-state index in [1.54, 1.807) is 6.26 Å². The molecule has 4 heteroatoms. The Morgan fingerprint density at radius 2 is 2.06 bits per heavy atom. The largest absolute Gasteiger partial charge is 0.387 e. The maximum atomic E-state index is 11.8. The van der Waals surface area contributed by atoms with Crippen molar-refractivity contribution in [3.63, 3.8) is 0 Å². The lowest BCUT2D eigenvalue weighted by Gasteiger charge is -2.23. The highest BCUT2D eigenvalue weighted by atomic mass is 35.5. The van der Waals surface area contributed by atoms with Gasteiger partial charge in [-0.2, -0.15) is 5.48 Å². The fraction of sp³-hybridized carbons (Fsp3) is 0.250. The lowest BCUT2D eigenvalue weighted by molar-refractivity contribution is -0.132. The van der Waals surface area contributed by atoms with Crippen LogP contribution in [0.1, 0.15) is 17.9 Å². The van der Waals surface area contributed by atoms with Gasteiger partial charge in [0.1, 0.15) is 6.26 Å². The number of amides is 1. The molecule has 0 saturated carbocycles. The van der Waals surface area contributed by atoms with E-state index < -0.39 is 0 Å². The van der Waals surface area contributed by atoms with Gasteiger partial charge in [0.25, 0.3) is 5.91 Å². The van der Waals surface area contributed by atoms with Crippen LogP contribution in [0.4, 0.5) is 0 Å². The molecular formula is C12H12ClNO2. The normalized spacial score (nSPS) is 19.7. The van der Waals surface area contributed by atoms with Gasteiger partial charge < -0.3 is 4.84 Å². The summed E-state index contributed by atoms with van der Waals surface area (Å²) >= 11 is 5.71. The molecule has 1 unspecified atom stereocenters. The van der Waals surface area contributed by atoms with Crippen LogP contribution in [0.2, 0.25) is 0 Å². The van der Waals surface area contributed by atoms with Crippen LogP contribution in [0.15, 0.2) is 42.2 Å². The lowest BCUT2D eigenvalue weighted by atomic mass is 9.89. The van der Waals surface area contributed by atoms with E-state index in [0.29, 0.717) is 12.3 Å². The van der Waals surface area contributed by atoms with Crippen molar-refractivity contribution in [3.05, 3.63) is 47.7 Å². The maximum Gasteiger partial charge on any atom is 0.264 e. The number of carbonyl (C=O) groups excluding carboxylic acids is 1. The third-order valence-corrected chi connectivity index (χ3v) is 2.71. The minimum absolute atomic E-state index is 0.145. The van der Waals surface area contributed by atoms with E-state index in [-0.39, 0.29) is 11.8 Å². The number of nitrogens with one attached hydrogen (secondary N) is 1. The third kappa shape index (κ3) is 2.19. The number of benzene rings is 1. The molecule has 1 aromatic rings. The van der Waals surface area contributed by atoms with E-state index in [1.165, 1.54) is 0 Å². The zero-order valence-corrected chi connectivity index (χ0v) is 9.41. The summed E-state index contributed by atoms with van der Waals surface area (Å²) in [6, 6.07) is 9.60. The summed E-state index contributed by atoms with van der Waals surface area (Å²) in [5.41, 5.74) is 4.23. The first-order valence-electron chi connectivity index (χ1n) is 5.08. The van der Waals surface area contributed by atoms with Crippen LogP contribution in [0, 0.1) is 0 Å². The van der Waals surface area contributed by atoms with Crippen molar-refractivity contribution in [2.75, 3.05) is 5.88 Å². The Morgan fingerprint density at radius 3 is 2.75 bits per heavy atom. The highest BCUT2D eigenvalue weighted by Crippen LogP contribution is 2.29. The van der Waals surface area contributed by atoms with Crippen molar-refractivity contribution in [2.45, 2.75) is 12.3 Å². The van der Waals surface area contributed by atoms with Crippen molar-refractivity contribution in [3.8, 4) is 0 Å². The monoisotopic (exact) mass is 237 g/mol. The van der Waals surface area contributed by atoms with Gasteiger partial charge in [-0.05, 0) is 17.6 Å². The Balaban J connectivity index is 2.31. The molecular weight excluding hydrogens is 226 g/mol. The zero-order valence-electron chi connectivity index (χ0n) is 8.65. The van der Waals surface area contributed by atoms with E-state index in [0.717, 1.165) is 11.1 Å². The second-order valence-corrected chi connectivity index (χ2v) is 3.94. The third-order valence-electron chi connectivity index (χ3n) is 2.52. The van der Waals surface area contributed by atoms with Gasteiger partial charge in [0.05, 0.1) is 5.92 Å². The van der Waals surface area contributed by atoms with Gasteiger partial charge in [0.15, 0.2) is 0 Å². The number of alkyl halides is 1. The molecule has 0 aromatic heterocycles. The molecule has 1 amide bonds. The summed E-state index contributed by atoms with van der Waals surface area (Å²) in [4.78, 5) is 16.6. The fourth-order valence-corrected chi connectivity index (χ4v) is 2.00. The molecule has 1 N–H and O–H groups in total. The predicted molar refractivity (Wildman–Crippen MR) is 61.8 cm³/mol. The average molecular weight is 238 g/mol. The van der Waals surface area contributed by atoms with Crippen LogP contribution >= 0.6 is 11.6 Å². The molecule has 1 heterocycles. The number of rotatable bonds is 3. The molecule has 1 aliphatic rings. The SMILES string of the molecule is O=C1NOC=C(CCCl)C1c1ccccc1. The van der Waals surface area contributed by atoms with E-state index in [1.807, 2.05) is 30.3 Å². The highest BCUT2D eigenvalue weighted by Gasteiger charge is 2.28. The fourth-order valence-electron chi connectivity index (χ4n) is 1.78. The summed E-state index contributed by atoms with van der Waals surface area (Å²) in [6.45, 7) is 0. The first-order valence-corrected chi connectivity index (χ1v) is 5.61. The molecule has 0 saturated heterocycles. The van der Waals surface area contributed by atoms with Crippen LogP contribution in [0.5, 0.6) is 0 Å². The molecule has 0 fully saturated rings. The molecule has 3 nitrogen and oxygen atoms in total. The maximum absolute atomic E-state index is 11.8. The Kier molecular flexibility index (Phi) is 3.47. The minimum Gasteiger partial charge on any atom is -0.387 e. The molecule has 1 aliphatic heterocycles. The van der Waals surface area contributed by atoms with Gasteiger partial charge in [-0.3, -0.25) is 4.79 Å². The quantitative estimate of drug-likeness (QED) is 0.820. The Labute approximate surface area is 99.0 Å². The Bertz CT molecular complexity index is 403. The van der Waals surface area contributed by atoms with Crippen molar-refractivity contribution in [2.24, 2.45) is 0 Å². The first-order chi connectivity index (χ1) is 7.83.